The van der Waals surface area contributed by atoms with Gasteiger partial charge in [0.15, 0.2) is 5.69 Å². The number of carbonyl (C=O) groups is 1. The highest BCUT2D eigenvalue weighted by Gasteiger charge is 2.23. The number of rotatable bonds is 2. The average molecular weight is 299 g/mol. The van der Waals surface area contributed by atoms with Crippen LogP contribution in [0.1, 0.15) is 34.5 Å². The van der Waals surface area contributed by atoms with Crippen LogP contribution in [0.2, 0.25) is 0 Å². The van der Waals surface area contributed by atoms with Crippen LogP contribution in [0.15, 0.2) is 24.4 Å². The second-order valence-corrected chi connectivity index (χ2v) is 5.95. The van der Waals surface area contributed by atoms with E-state index in [1.807, 2.05) is 18.2 Å². The first-order chi connectivity index (χ1) is 10.5. The van der Waals surface area contributed by atoms with Crippen LogP contribution >= 0.6 is 0 Å². The molecular formula is C16H21N5O. The number of carbonyl (C=O) groups excluding carboxylic acids is 1. The van der Waals surface area contributed by atoms with Gasteiger partial charge in [0.25, 0.3) is 5.91 Å². The van der Waals surface area contributed by atoms with Crippen LogP contribution in [0.25, 0.3) is 5.69 Å². The van der Waals surface area contributed by atoms with E-state index >= 15 is 0 Å². The molecule has 22 heavy (non-hydrogen) atoms. The molecule has 1 fully saturated rings. The first-order valence-corrected chi connectivity index (χ1v) is 7.59. The number of likely N-dealkylation sites (tertiary alicyclic amines) is 1. The van der Waals surface area contributed by atoms with Crippen LogP contribution in [-0.2, 0) is 0 Å². The molecule has 1 aromatic carbocycles. The maximum atomic E-state index is 12.4. The van der Waals surface area contributed by atoms with Gasteiger partial charge in [-0.3, -0.25) is 4.79 Å². The number of hydrogen-bond donors (Lipinski definition) is 1. The third-order valence-corrected chi connectivity index (χ3v) is 4.29. The lowest BCUT2D eigenvalue weighted by Gasteiger charge is -2.29. The Kier molecular flexibility index (Phi) is 3.94. The fraction of sp³-hybridized carbons (Fsp3) is 0.438. The Morgan fingerprint density at radius 1 is 1.23 bits per heavy atom. The third-order valence-electron chi connectivity index (χ3n) is 4.29. The van der Waals surface area contributed by atoms with E-state index in [1.165, 1.54) is 11.1 Å². The molecule has 2 heterocycles. The smallest absolute Gasteiger partial charge is 0.276 e. The maximum Gasteiger partial charge on any atom is 0.276 e. The van der Waals surface area contributed by atoms with Gasteiger partial charge in [0, 0.05) is 19.1 Å². The number of benzene rings is 1. The average Bonchev–Trinajstić information content (AvgIpc) is 3.00. The first-order valence-electron chi connectivity index (χ1n) is 7.59. The predicted octanol–water partition coefficient (Wildman–Crippen LogP) is 1.45. The van der Waals surface area contributed by atoms with E-state index < -0.39 is 0 Å². The standard InChI is InChI=1S/C16H21N5O/c1-11-3-4-14(9-12(11)2)21-10-15(18-19-21)16(22)20-7-5-13(17)6-8-20/h3-4,9-10,13H,5-8,17H2,1-2H3. The van der Waals surface area contributed by atoms with E-state index in [4.69, 9.17) is 5.73 Å². The molecule has 0 atom stereocenters. The lowest BCUT2D eigenvalue weighted by atomic mass is 10.1. The van der Waals surface area contributed by atoms with Gasteiger partial charge in [-0.05, 0) is 49.9 Å². The summed E-state index contributed by atoms with van der Waals surface area (Å²) >= 11 is 0. The van der Waals surface area contributed by atoms with Crippen molar-refractivity contribution in [2.24, 2.45) is 5.73 Å². The summed E-state index contributed by atoms with van der Waals surface area (Å²) in [5, 5.41) is 8.11. The summed E-state index contributed by atoms with van der Waals surface area (Å²) in [5.41, 5.74) is 9.58. The number of aryl methyl sites for hydroxylation is 2. The topological polar surface area (TPSA) is 77.0 Å². The van der Waals surface area contributed by atoms with Crippen LogP contribution in [-0.4, -0.2) is 44.9 Å². The van der Waals surface area contributed by atoms with Gasteiger partial charge in [-0.2, -0.15) is 0 Å². The van der Waals surface area contributed by atoms with Gasteiger partial charge in [0.2, 0.25) is 0 Å². The lowest BCUT2D eigenvalue weighted by molar-refractivity contribution is 0.0708. The number of piperidine rings is 1. The van der Waals surface area contributed by atoms with E-state index in [0.29, 0.717) is 18.8 Å². The summed E-state index contributed by atoms with van der Waals surface area (Å²) in [6.07, 6.45) is 3.38. The molecule has 1 aliphatic rings. The fourth-order valence-electron chi connectivity index (χ4n) is 2.62. The molecule has 0 bridgehead atoms. The van der Waals surface area contributed by atoms with Gasteiger partial charge >= 0.3 is 0 Å². The Balaban J connectivity index is 1.78. The van der Waals surface area contributed by atoms with E-state index in [9.17, 15) is 4.79 Å². The van der Waals surface area contributed by atoms with Crippen molar-refractivity contribution in [1.82, 2.24) is 19.9 Å². The van der Waals surface area contributed by atoms with Crippen molar-refractivity contribution in [3.63, 3.8) is 0 Å². The molecule has 2 aromatic rings. The van der Waals surface area contributed by atoms with Crippen molar-refractivity contribution in [2.75, 3.05) is 13.1 Å². The SMILES string of the molecule is Cc1ccc(-n2cc(C(=O)N3CCC(N)CC3)nn2)cc1C. The number of hydrogen-bond acceptors (Lipinski definition) is 4. The molecule has 0 unspecified atom stereocenters. The molecule has 1 aliphatic heterocycles. The molecule has 6 heteroatoms. The van der Waals surface area contributed by atoms with Gasteiger partial charge in [0.1, 0.15) is 0 Å². The van der Waals surface area contributed by atoms with Crippen molar-refractivity contribution >= 4 is 5.91 Å². The summed E-state index contributed by atoms with van der Waals surface area (Å²) in [6, 6.07) is 6.26. The van der Waals surface area contributed by atoms with E-state index in [1.54, 1.807) is 15.8 Å². The zero-order valence-electron chi connectivity index (χ0n) is 13.0. The van der Waals surface area contributed by atoms with Gasteiger partial charge in [0.05, 0.1) is 11.9 Å². The monoisotopic (exact) mass is 299 g/mol. The molecule has 1 saturated heterocycles. The first kappa shape index (κ1) is 14.7. The quantitative estimate of drug-likeness (QED) is 0.910. The summed E-state index contributed by atoms with van der Waals surface area (Å²) in [5.74, 6) is -0.0676. The zero-order chi connectivity index (χ0) is 15.7. The highest BCUT2D eigenvalue weighted by Crippen LogP contribution is 2.15. The Morgan fingerprint density at radius 2 is 1.95 bits per heavy atom. The molecule has 1 aromatic heterocycles. The molecule has 116 valence electrons. The van der Waals surface area contributed by atoms with Crippen LogP contribution in [0.3, 0.4) is 0 Å². The predicted molar refractivity (Wildman–Crippen MR) is 83.9 cm³/mol. The molecule has 6 nitrogen and oxygen atoms in total. The van der Waals surface area contributed by atoms with Crippen molar-refractivity contribution in [3.8, 4) is 5.69 Å². The summed E-state index contributed by atoms with van der Waals surface area (Å²) < 4.78 is 1.65. The molecule has 3 rings (SSSR count). The molecule has 0 radical (unpaired) electrons. The second-order valence-electron chi connectivity index (χ2n) is 5.95. The van der Waals surface area contributed by atoms with Gasteiger partial charge in [-0.1, -0.05) is 11.3 Å². The minimum atomic E-state index is -0.0676. The number of amides is 1. The fourth-order valence-corrected chi connectivity index (χ4v) is 2.62. The van der Waals surface area contributed by atoms with Crippen molar-refractivity contribution in [3.05, 3.63) is 41.2 Å². The van der Waals surface area contributed by atoms with Crippen LogP contribution in [0, 0.1) is 13.8 Å². The molecule has 0 saturated carbocycles. The maximum absolute atomic E-state index is 12.4. The van der Waals surface area contributed by atoms with Gasteiger partial charge < -0.3 is 10.6 Å². The lowest BCUT2D eigenvalue weighted by Crippen LogP contribution is -2.43. The Morgan fingerprint density at radius 3 is 2.64 bits per heavy atom. The van der Waals surface area contributed by atoms with E-state index in [2.05, 4.69) is 24.2 Å². The summed E-state index contributed by atoms with van der Waals surface area (Å²) in [6.45, 7) is 5.50. The number of nitrogens with zero attached hydrogens (tertiary/aromatic N) is 4. The number of nitrogens with two attached hydrogens (primary N) is 1. The minimum absolute atomic E-state index is 0.0676. The van der Waals surface area contributed by atoms with Crippen molar-refractivity contribution in [2.45, 2.75) is 32.7 Å². The Labute approximate surface area is 129 Å². The van der Waals surface area contributed by atoms with Crippen molar-refractivity contribution in [1.29, 1.82) is 0 Å². The molecule has 1 amide bonds. The highest BCUT2D eigenvalue weighted by molar-refractivity contribution is 5.92. The second kappa shape index (κ2) is 5.88. The number of aromatic nitrogens is 3. The Hall–Kier alpha value is -2.21. The summed E-state index contributed by atoms with van der Waals surface area (Å²) in [4.78, 5) is 14.2. The summed E-state index contributed by atoms with van der Waals surface area (Å²) in [7, 11) is 0. The van der Waals surface area contributed by atoms with Crippen LogP contribution in [0.4, 0.5) is 0 Å². The van der Waals surface area contributed by atoms with Crippen molar-refractivity contribution < 1.29 is 4.79 Å². The molecule has 0 aliphatic carbocycles. The van der Waals surface area contributed by atoms with Crippen LogP contribution < -0.4 is 5.73 Å². The normalized spacial score (nSPS) is 16.0. The van der Waals surface area contributed by atoms with Gasteiger partial charge in [-0.15, -0.1) is 5.10 Å². The third kappa shape index (κ3) is 2.87. The highest BCUT2D eigenvalue weighted by atomic mass is 16.2. The van der Waals surface area contributed by atoms with E-state index in [0.717, 1.165) is 18.5 Å². The minimum Gasteiger partial charge on any atom is -0.337 e. The molecule has 0 spiro atoms. The molecular weight excluding hydrogens is 278 g/mol. The Bertz CT molecular complexity index is 686. The van der Waals surface area contributed by atoms with Gasteiger partial charge in [-0.25, -0.2) is 4.68 Å². The largest absolute Gasteiger partial charge is 0.337 e. The van der Waals surface area contributed by atoms with E-state index in [-0.39, 0.29) is 11.9 Å². The molecule has 2 N–H and O–H groups in total. The van der Waals surface area contributed by atoms with Crippen LogP contribution in [0.5, 0.6) is 0 Å². The zero-order valence-corrected chi connectivity index (χ0v) is 13.0.